The van der Waals surface area contributed by atoms with E-state index < -0.39 is 0 Å². The lowest BCUT2D eigenvalue weighted by Crippen LogP contribution is -2.31. The Morgan fingerprint density at radius 2 is 2.08 bits per heavy atom. The van der Waals surface area contributed by atoms with E-state index in [1.165, 1.54) is 4.88 Å². The topological polar surface area (TPSA) is 51.0 Å². The third-order valence-corrected chi connectivity index (χ3v) is 5.64. The molecule has 1 aromatic carbocycles. The Morgan fingerprint density at radius 3 is 2.80 bits per heavy atom. The minimum atomic E-state index is -0.105. The van der Waals surface area contributed by atoms with Gasteiger partial charge in [-0.25, -0.2) is 9.67 Å². The molecular weight excluding hydrogens is 356 g/mol. The maximum atomic E-state index is 13.0. The number of carbonyl (C=O) groups is 1. The maximum Gasteiger partial charge on any atom is 0.294 e. The van der Waals surface area contributed by atoms with Crippen molar-refractivity contribution >= 4 is 28.8 Å². The van der Waals surface area contributed by atoms with Gasteiger partial charge in [-0.15, -0.1) is 16.4 Å². The molecule has 1 fully saturated rings. The third kappa shape index (κ3) is 3.07. The fraction of sp³-hybridized carbons (Fsp3) is 0.278. The first kappa shape index (κ1) is 16.3. The summed E-state index contributed by atoms with van der Waals surface area (Å²) in [6, 6.07) is 11.6. The van der Waals surface area contributed by atoms with Crippen molar-refractivity contribution in [2.45, 2.75) is 25.8 Å². The van der Waals surface area contributed by atoms with Crippen LogP contribution in [0.25, 0.3) is 5.69 Å². The number of hydrogen-bond donors (Lipinski definition) is 0. The Kier molecular flexibility index (Phi) is 4.31. The molecular formula is C18H17ClN4OS. The lowest BCUT2D eigenvalue weighted by atomic mass is 10.2. The van der Waals surface area contributed by atoms with Crippen molar-refractivity contribution < 1.29 is 4.79 Å². The van der Waals surface area contributed by atoms with E-state index >= 15 is 0 Å². The molecule has 0 N–H and O–H groups in total. The minimum absolute atomic E-state index is 0.105. The number of rotatable bonds is 3. The van der Waals surface area contributed by atoms with E-state index in [0.29, 0.717) is 10.8 Å². The molecule has 4 rings (SSSR count). The van der Waals surface area contributed by atoms with Crippen molar-refractivity contribution in [3.8, 4) is 5.69 Å². The Labute approximate surface area is 154 Å². The quantitative estimate of drug-likeness (QED) is 0.690. The van der Waals surface area contributed by atoms with Crippen molar-refractivity contribution in [2.75, 3.05) is 6.54 Å². The molecule has 0 radical (unpaired) electrons. The van der Waals surface area contributed by atoms with E-state index in [1.807, 2.05) is 35.4 Å². The molecule has 0 saturated carbocycles. The number of aryl methyl sites for hydroxylation is 1. The SMILES string of the molecule is Cc1nc(C(=O)N2CCCC2c2cccs2)nn1-c1ccc(Cl)cc1. The summed E-state index contributed by atoms with van der Waals surface area (Å²) in [5.41, 5.74) is 0.838. The molecule has 1 saturated heterocycles. The Hall–Kier alpha value is -2.18. The van der Waals surface area contributed by atoms with Crippen LogP contribution in [0.2, 0.25) is 5.02 Å². The lowest BCUT2D eigenvalue weighted by Gasteiger charge is -2.22. The summed E-state index contributed by atoms with van der Waals surface area (Å²) < 4.78 is 1.68. The summed E-state index contributed by atoms with van der Waals surface area (Å²) in [5.74, 6) is 0.820. The maximum absolute atomic E-state index is 13.0. The van der Waals surface area contributed by atoms with E-state index in [-0.39, 0.29) is 17.8 Å². The Morgan fingerprint density at radius 1 is 1.28 bits per heavy atom. The van der Waals surface area contributed by atoms with Gasteiger partial charge in [0.1, 0.15) is 5.82 Å². The number of carbonyl (C=O) groups excluding carboxylic acids is 1. The number of nitrogens with zero attached hydrogens (tertiary/aromatic N) is 4. The van der Waals surface area contributed by atoms with Gasteiger partial charge in [0.25, 0.3) is 5.91 Å². The average molecular weight is 373 g/mol. The van der Waals surface area contributed by atoms with Crippen LogP contribution in [0.3, 0.4) is 0 Å². The molecule has 5 nitrogen and oxygen atoms in total. The van der Waals surface area contributed by atoms with E-state index in [4.69, 9.17) is 11.6 Å². The summed E-state index contributed by atoms with van der Waals surface area (Å²) in [6.07, 6.45) is 1.99. The van der Waals surface area contributed by atoms with Gasteiger partial charge >= 0.3 is 0 Å². The van der Waals surface area contributed by atoms with Gasteiger partial charge < -0.3 is 4.90 Å². The molecule has 2 aromatic heterocycles. The summed E-state index contributed by atoms with van der Waals surface area (Å²) in [7, 11) is 0. The zero-order valence-electron chi connectivity index (χ0n) is 13.7. The molecule has 1 unspecified atom stereocenters. The summed E-state index contributed by atoms with van der Waals surface area (Å²) in [6.45, 7) is 2.59. The van der Waals surface area contributed by atoms with E-state index in [2.05, 4.69) is 16.1 Å². The van der Waals surface area contributed by atoms with E-state index in [1.54, 1.807) is 28.2 Å². The van der Waals surface area contributed by atoms with Crippen LogP contribution in [0.15, 0.2) is 41.8 Å². The molecule has 0 aliphatic carbocycles. The highest BCUT2D eigenvalue weighted by atomic mass is 35.5. The van der Waals surface area contributed by atoms with Crippen molar-refractivity contribution in [2.24, 2.45) is 0 Å². The number of amides is 1. The monoisotopic (exact) mass is 372 g/mol. The molecule has 1 aliphatic heterocycles. The third-order valence-electron chi connectivity index (χ3n) is 4.42. The molecule has 0 bridgehead atoms. The van der Waals surface area contributed by atoms with Crippen LogP contribution in [0.5, 0.6) is 0 Å². The first-order valence-corrected chi connectivity index (χ1v) is 9.43. The molecule has 25 heavy (non-hydrogen) atoms. The van der Waals surface area contributed by atoms with Gasteiger partial charge in [-0.1, -0.05) is 17.7 Å². The fourth-order valence-corrected chi connectivity index (χ4v) is 4.22. The largest absolute Gasteiger partial charge is 0.328 e. The number of thiophene rings is 1. The molecule has 7 heteroatoms. The van der Waals surface area contributed by atoms with Crippen LogP contribution < -0.4 is 0 Å². The van der Waals surface area contributed by atoms with Crippen LogP contribution in [0.4, 0.5) is 0 Å². The highest BCUT2D eigenvalue weighted by Crippen LogP contribution is 2.35. The van der Waals surface area contributed by atoms with Crippen LogP contribution in [0.1, 0.15) is 40.2 Å². The summed E-state index contributed by atoms with van der Waals surface area (Å²) in [4.78, 5) is 20.5. The fourth-order valence-electron chi connectivity index (χ4n) is 3.22. The van der Waals surface area contributed by atoms with E-state index in [0.717, 1.165) is 25.1 Å². The zero-order valence-corrected chi connectivity index (χ0v) is 15.3. The van der Waals surface area contributed by atoms with Crippen molar-refractivity contribution in [3.05, 3.63) is 63.3 Å². The predicted molar refractivity (Wildman–Crippen MR) is 98.4 cm³/mol. The van der Waals surface area contributed by atoms with Crippen molar-refractivity contribution in [1.29, 1.82) is 0 Å². The minimum Gasteiger partial charge on any atom is -0.328 e. The number of aromatic nitrogens is 3. The molecule has 1 amide bonds. The summed E-state index contributed by atoms with van der Waals surface area (Å²) in [5, 5.41) is 7.16. The second-order valence-corrected chi connectivity index (χ2v) is 7.46. The standard InChI is InChI=1S/C18H17ClN4OS/c1-12-20-17(21-23(12)14-8-6-13(19)7-9-14)18(24)22-10-2-4-15(22)16-5-3-11-25-16/h3,5-9,11,15H,2,4,10H2,1H3. The lowest BCUT2D eigenvalue weighted by molar-refractivity contribution is 0.0725. The van der Waals surface area contributed by atoms with Crippen LogP contribution in [-0.2, 0) is 0 Å². The average Bonchev–Trinajstić information content (AvgIpc) is 3.35. The molecule has 128 valence electrons. The van der Waals surface area contributed by atoms with Crippen LogP contribution in [-0.4, -0.2) is 32.1 Å². The van der Waals surface area contributed by atoms with Crippen LogP contribution >= 0.6 is 22.9 Å². The normalized spacial score (nSPS) is 17.2. The van der Waals surface area contributed by atoms with Gasteiger partial charge in [-0.3, -0.25) is 4.79 Å². The smallest absolute Gasteiger partial charge is 0.294 e. The van der Waals surface area contributed by atoms with Gasteiger partial charge in [0.05, 0.1) is 11.7 Å². The highest BCUT2D eigenvalue weighted by Gasteiger charge is 2.33. The molecule has 3 aromatic rings. The van der Waals surface area contributed by atoms with E-state index in [9.17, 15) is 4.79 Å². The molecule has 3 heterocycles. The van der Waals surface area contributed by atoms with Crippen molar-refractivity contribution in [1.82, 2.24) is 19.7 Å². The highest BCUT2D eigenvalue weighted by molar-refractivity contribution is 7.10. The predicted octanol–water partition coefficient (Wildman–Crippen LogP) is 4.27. The van der Waals surface area contributed by atoms with Crippen LogP contribution in [0, 0.1) is 6.92 Å². The Balaban J connectivity index is 1.62. The number of likely N-dealkylation sites (tertiary alicyclic amines) is 1. The number of benzene rings is 1. The van der Waals surface area contributed by atoms with Gasteiger partial charge in [0.2, 0.25) is 5.82 Å². The zero-order chi connectivity index (χ0) is 17.4. The Bertz CT molecular complexity index is 888. The number of halogens is 1. The first-order chi connectivity index (χ1) is 12.1. The van der Waals surface area contributed by atoms with Gasteiger partial charge in [-0.2, -0.15) is 0 Å². The second-order valence-electron chi connectivity index (χ2n) is 6.04. The summed E-state index contributed by atoms with van der Waals surface area (Å²) >= 11 is 7.63. The molecule has 0 spiro atoms. The number of hydrogen-bond acceptors (Lipinski definition) is 4. The first-order valence-electron chi connectivity index (χ1n) is 8.17. The van der Waals surface area contributed by atoms with Gasteiger partial charge in [0.15, 0.2) is 0 Å². The molecule has 1 atom stereocenters. The van der Waals surface area contributed by atoms with Gasteiger partial charge in [0, 0.05) is 16.4 Å². The second kappa shape index (κ2) is 6.61. The van der Waals surface area contributed by atoms with Gasteiger partial charge in [-0.05, 0) is 55.5 Å². The molecule has 1 aliphatic rings. The van der Waals surface area contributed by atoms with Crippen molar-refractivity contribution in [3.63, 3.8) is 0 Å².